The lowest BCUT2D eigenvalue weighted by atomic mass is 10.1. The van der Waals surface area contributed by atoms with Crippen molar-refractivity contribution in [1.29, 1.82) is 0 Å². The zero-order valence-corrected chi connectivity index (χ0v) is 8.12. The molecule has 4 nitrogen and oxygen atoms in total. The SMILES string of the molecule is CNC(CN)c1ccc2c(c1)OCO2. The third-order valence-electron chi connectivity index (χ3n) is 2.38. The van der Waals surface area contributed by atoms with Crippen molar-refractivity contribution in [3.05, 3.63) is 23.8 Å². The van der Waals surface area contributed by atoms with E-state index in [1.165, 1.54) is 0 Å². The van der Waals surface area contributed by atoms with Gasteiger partial charge < -0.3 is 20.5 Å². The maximum atomic E-state index is 5.63. The summed E-state index contributed by atoms with van der Waals surface area (Å²) in [6.45, 7) is 0.877. The van der Waals surface area contributed by atoms with Crippen molar-refractivity contribution in [3.63, 3.8) is 0 Å². The normalized spacial score (nSPS) is 15.6. The molecule has 1 aliphatic rings. The molecule has 0 fully saturated rings. The summed E-state index contributed by atoms with van der Waals surface area (Å²) in [5.41, 5.74) is 6.75. The molecule has 2 rings (SSSR count). The fraction of sp³-hybridized carbons (Fsp3) is 0.400. The number of nitrogens with one attached hydrogen (secondary N) is 1. The maximum absolute atomic E-state index is 5.63. The number of benzene rings is 1. The lowest BCUT2D eigenvalue weighted by Crippen LogP contribution is -2.24. The minimum absolute atomic E-state index is 0.171. The Labute approximate surface area is 83.0 Å². The van der Waals surface area contributed by atoms with Crippen molar-refractivity contribution in [2.24, 2.45) is 5.73 Å². The van der Waals surface area contributed by atoms with Crippen molar-refractivity contribution in [2.75, 3.05) is 20.4 Å². The zero-order valence-electron chi connectivity index (χ0n) is 8.12. The van der Waals surface area contributed by atoms with Gasteiger partial charge in [0.15, 0.2) is 11.5 Å². The van der Waals surface area contributed by atoms with E-state index in [9.17, 15) is 0 Å². The monoisotopic (exact) mass is 194 g/mol. The second kappa shape index (κ2) is 3.86. The van der Waals surface area contributed by atoms with E-state index in [0.717, 1.165) is 17.1 Å². The van der Waals surface area contributed by atoms with Crippen molar-refractivity contribution < 1.29 is 9.47 Å². The van der Waals surface area contributed by atoms with Crippen LogP contribution in [0.4, 0.5) is 0 Å². The predicted molar refractivity (Wildman–Crippen MR) is 53.4 cm³/mol. The number of fused-ring (bicyclic) bond motifs is 1. The van der Waals surface area contributed by atoms with Crippen LogP contribution < -0.4 is 20.5 Å². The van der Waals surface area contributed by atoms with Crippen LogP contribution in [0.1, 0.15) is 11.6 Å². The molecule has 3 N–H and O–H groups in total. The van der Waals surface area contributed by atoms with Crippen LogP contribution in [0.3, 0.4) is 0 Å². The van der Waals surface area contributed by atoms with Gasteiger partial charge in [-0.3, -0.25) is 0 Å². The van der Waals surface area contributed by atoms with Gasteiger partial charge in [0.2, 0.25) is 6.79 Å². The van der Waals surface area contributed by atoms with Crippen LogP contribution in [0.2, 0.25) is 0 Å². The van der Waals surface area contributed by atoms with Crippen molar-refractivity contribution in [1.82, 2.24) is 5.32 Å². The Bertz CT molecular complexity index is 324. The molecule has 0 amide bonds. The number of nitrogens with two attached hydrogens (primary N) is 1. The van der Waals surface area contributed by atoms with Gasteiger partial charge >= 0.3 is 0 Å². The van der Waals surface area contributed by atoms with Gasteiger partial charge in [-0.15, -0.1) is 0 Å². The number of rotatable bonds is 3. The first-order valence-corrected chi connectivity index (χ1v) is 4.62. The Morgan fingerprint density at radius 2 is 2.21 bits per heavy atom. The maximum Gasteiger partial charge on any atom is 0.231 e. The van der Waals surface area contributed by atoms with E-state index in [-0.39, 0.29) is 6.04 Å². The molecule has 0 radical (unpaired) electrons. The minimum atomic E-state index is 0.171. The third kappa shape index (κ3) is 1.54. The molecule has 0 aliphatic carbocycles. The van der Waals surface area contributed by atoms with Crippen molar-refractivity contribution in [3.8, 4) is 11.5 Å². The summed E-state index contributed by atoms with van der Waals surface area (Å²) in [5.74, 6) is 1.61. The molecule has 1 unspecified atom stereocenters. The quantitative estimate of drug-likeness (QED) is 0.741. The van der Waals surface area contributed by atoms with Gasteiger partial charge in [-0.1, -0.05) is 6.07 Å². The van der Waals surface area contributed by atoms with E-state index in [1.54, 1.807) is 0 Å². The molecule has 0 bridgehead atoms. The van der Waals surface area contributed by atoms with Gasteiger partial charge in [-0.05, 0) is 24.7 Å². The van der Waals surface area contributed by atoms with Crippen molar-refractivity contribution >= 4 is 0 Å². The first-order chi connectivity index (χ1) is 6.85. The third-order valence-corrected chi connectivity index (χ3v) is 2.38. The summed E-state index contributed by atoms with van der Waals surface area (Å²) in [6.07, 6.45) is 0. The summed E-state index contributed by atoms with van der Waals surface area (Å²) in [5, 5.41) is 3.14. The van der Waals surface area contributed by atoms with Crippen LogP contribution in [0, 0.1) is 0 Å². The molecule has 1 aliphatic heterocycles. The lowest BCUT2D eigenvalue weighted by molar-refractivity contribution is 0.174. The van der Waals surface area contributed by atoms with Crippen LogP contribution in [0.5, 0.6) is 11.5 Å². The molecular weight excluding hydrogens is 180 g/mol. The molecule has 0 spiro atoms. The molecular formula is C10H14N2O2. The smallest absolute Gasteiger partial charge is 0.231 e. The fourth-order valence-corrected chi connectivity index (χ4v) is 1.55. The van der Waals surface area contributed by atoms with E-state index < -0.39 is 0 Å². The fourth-order valence-electron chi connectivity index (χ4n) is 1.55. The zero-order chi connectivity index (χ0) is 9.97. The summed E-state index contributed by atoms with van der Waals surface area (Å²) in [6, 6.07) is 6.06. The van der Waals surface area contributed by atoms with E-state index in [0.29, 0.717) is 13.3 Å². The second-order valence-electron chi connectivity index (χ2n) is 3.19. The molecule has 1 aromatic rings. The van der Waals surface area contributed by atoms with E-state index in [2.05, 4.69) is 5.32 Å². The number of likely N-dealkylation sites (N-methyl/N-ethyl adjacent to an activating group) is 1. The van der Waals surface area contributed by atoms with Crippen LogP contribution in [-0.4, -0.2) is 20.4 Å². The summed E-state index contributed by atoms with van der Waals surface area (Å²) in [4.78, 5) is 0. The molecule has 1 aromatic carbocycles. The highest BCUT2D eigenvalue weighted by Crippen LogP contribution is 2.33. The van der Waals surface area contributed by atoms with E-state index >= 15 is 0 Å². The first-order valence-electron chi connectivity index (χ1n) is 4.62. The Morgan fingerprint density at radius 3 is 2.93 bits per heavy atom. The Balaban J connectivity index is 2.27. The molecule has 0 saturated heterocycles. The topological polar surface area (TPSA) is 56.5 Å². The Hall–Kier alpha value is -1.26. The number of hydrogen-bond donors (Lipinski definition) is 2. The van der Waals surface area contributed by atoms with Crippen LogP contribution in [-0.2, 0) is 0 Å². The average Bonchev–Trinajstić information content (AvgIpc) is 2.66. The summed E-state index contributed by atoms with van der Waals surface area (Å²) in [7, 11) is 1.89. The van der Waals surface area contributed by atoms with Crippen LogP contribution >= 0.6 is 0 Å². The molecule has 1 atom stereocenters. The Kier molecular flexibility index (Phi) is 2.56. The van der Waals surface area contributed by atoms with Gasteiger partial charge in [-0.2, -0.15) is 0 Å². The summed E-state index contributed by atoms with van der Waals surface area (Å²) >= 11 is 0. The standard InChI is InChI=1S/C10H14N2O2/c1-12-8(5-11)7-2-3-9-10(4-7)14-6-13-9/h2-4,8,12H,5-6,11H2,1H3. The van der Waals surface area contributed by atoms with Crippen LogP contribution in [0.15, 0.2) is 18.2 Å². The highest BCUT2D eigenvalue weighted by Gasteiger charge is 2.15. The summed E-state index contributed by atoms with van der Waals surface area (Å²) < 4.78 is 10.5. The lowest BCUT2D eigenvalue weighted by Gasteiger charge is -2.14. The van der Waals surface area contributed by atoms with Gasteiger partial charge in [-0.25, -0.2) is 0 Å². The van der Waals surface area contributed by atoms with E-state index in [1.807, 2.05) is 25.2 Å². The number of hydrogen-bond acceptors (Lipinski definition) is 4. The minimum Gasteiger partial charge on any atom is -0.454 e. The highest BCUT2D eigenvalue weighted by molar-refractivity contribution is 5.45. The molecule has 0 aromatic heterocycles. The molecule has 76 valence electrons. The first kappa shape index (κ1) is 9.30. The van der Waals surface area contributed by atoms with Gasteiger partial charge in [0.25, 0.3) is 0 Å². The van der Waals surface area contributed by atoms with Crippen LogP contribution in [0.25, 0.3) is 0 Å². The average molecular weight is 194 g/mol. The van der Waals surface area contributed by atoms with Gasteiger partial charge in [0.05, 0.1) is 0 Å². The van der Waals surface area contributed by atoms with Gasteiger partial charge in [0.1, 0.15) is 0 Å². The van der Waals surface area contributed by atoms with E-state index in [4.69, 9.17) is 15.2 Å². The molecule has 0 saturated carbocycles. The molecule has 4 heteroatoms. The molecule has 14 heavy (non-hydrogen) atoms. The highest BCUT2D eigenvalue weighted by atomic mass is 16.7. The predicted octanol–water partition coefficient (Wildman–Crippen LogP) is 0.634. The number of ether oxygens (including phenoxy) is 2. The second-order valence-corrected chi connectivity index (χ2v) is 3.19. The van der Waals surface area contributed by atoms with Crippen molar-refractivity contribution in [2.45, 2.75) is 6.04 Å². The largest absolute Gasteiger partial charge is 0.454 e. The van der Waals surface area contributed by atoms with Gasteiger partial charge in [0, 0.05) is 12.6 Å². The molecule has 1 heterocycles. The Morgan fingerprint density at radius 1 is 1.43 bits per heavy atom.